The predicted octanol–water partition coefficient (Wildman–Crippen LogP) is 3.25. The highest BCUT2D eigenvalue weighted by molar-refractivity contribution is 9.09. The first-order valence-corrected chi connectivity index (χ1v) is 8.22. The molecule has 19 heavy (non-hydrogen) atoms. The normalized spacial score (nSPS) is 26.9. The summed E-state index contributed by atoms with van der Waals surface area (Å²) in [6, 6.07) is 10.8. The van der Waals surface area contributed by atoms with Gasteiger partial charge in [-0.3, -0.25) is 0 Å². The Bertz CT molecular complexity index is 400. The lowest BCUT2D eigenvalue weighted by Crippen LogP contribution is -2.44. The summed E-state index contributed by atoms with van der Waals surface area (Å²) in [6.07, 6.45) is 4.75. The number of hydrogen-bond acceptors (Lipinski definition) is 2. The SMILES string of the molecule is Br[C@H]1COC2(CCN(CCc3ccccc3)CC2)C1. The number of alkyl halides is 1. The highest BCUT2D eigenvalue weighted by atomic mass is 79.9. The van der Waals surface area contributed by atoms with Crippen LogP contribution in [-0.2, 0) is 11.2 Å². The first-order valence-electron chi connectivity index (χ1n) is 7.30. The van der Waals surface area contributed by atoms with Gasteiger partial charge in [-0.25, -0.2) is 0 Å². The maximum absolute atomic E-state index is 6.03. The summed E-state index contributed by atoms with van der Waals surface area (Å²) in [4.78, 5) is 3.16. The van der Waals surface area contributed by atoms with Crippen LogP contribution in [0, 0.1) is 0 Å². The number of halogens is 1. The zero-order valence-corrected chi connectivity index (χ0v) is 12.9. The molecule has 0 saturated carbocycles. The van der Waals surface area contributed by atoms with E-state index in [-0.39, 0.29) is 5.60 Å². The van der Waals surface area contributed by atoms with Crippen molar-refractivity contribution in [2.45, 2.75) is 36.1 Å². The minimum atomic E-state index is 0.192. The van der Waals surface area contributed by atoms with Crippen molar-refractivity contribution in [3.05, 3.63) is 35.9 Å². The number of ether oxygens (including phenoxy) is 1. The van der Waals surface area contributed by atoms with Crippen LogP contribution in [0.2, 0.25) is 0 Å². The molecule has 0 bridgehead atoms. The standard InChI is InChI=1S/C16H22BrNO/c17-15-12-16(19-13-15)7-10-18(11-8-16)9-6-14-4-2-1-3-5-14/h1-5,15H,6-13H2/t15-/m1/s1. The zero-order chi connectivity index (χ0) is 13.1. The van der Waals surface area contributed by atoms with Crippen LogP contribution in [0.25, 0.3) is 0 Å². The number of nitrogens with zero attached hydrogens (tertiary/aromatic N) is 1. The fourth-order valence-corrected chi connectivity index (χ4v) is 3.98. The lowest BCUT2D eigenvalue weighted by molar-refractivity contribution is -0.0430. The maximum Gasteiger partial charge on any atom is 0.0719 e. The van der Waals surface area contributed by atoms with Crippen molar-refractivity contribution in [1.82, 2.24) is 4.90 Å². The van der Waals surface area contributed by atoms with Crippen molar-refractivity contribution in [2.75, 3.05) is 26.2 Å². The smallest absolute Gasteiger partial charge is 0.0719 e. The van der Waals surface area contributed by atoms with Crippen LogP contribution in [0.5, 0.6) is 0 Å². The van der Waals surface area contributed by atoms with E-state index < -0.39 is 0 Å². The monoisotopic (exact) mass is 323 g/mol. The highest BCUT2D eigenvalue weighted by Crippen LogP contribution is 2.38. The molecule has 0 unspecified atom stereocenters. The Hall–Kier alpha value is -0.380. The van der Waals surface area contributed by atoms with Gasteiger partial charge < -0.3 is 9.64 Å². The lowest BCUT2D eigenvalue weighted by Gasteiger charge is -2.38. The molecule has 2 fully saturated rings. The summed E-state index contributed by atoms with van der Waals surface area (Å²) < 4.78 is 6.03. The Balaban J connectivity index is 1.46. The summed E-state index contributed by atoms with van der Waals surface area (Å²) in [5.41, 5.74) is 1.64. The van der Waals surface area contributed by atoms with Crippen molar-refractivity contribution < 1.29 is 4.74 Å². The van der Waals surface area contributed by atoms with Gasteiger partial charge in [-0.15, -0.1) is 0 Å². The second-order valence-corrected chi connectivity index (χ2v) is 7.17. The van der Waals surface area contributed by atoms with Gasteiger partial charge in [-0.05, 0) is 31.2 Å². The third-order valence-electron chi connectivity index (χ3n) is 4.49. The van der Waals surface area contributed by atoms with Gasteiger partial charge in [0.15, 0.2) is 0 Å². The number of piperidine rings is 1. The molecular weight excluding hydrogens is 302 g/mol. The van der Waals surface area contributed by atoms with Crippen LogP contribution >= 0.6 is 15.9 Å². The summed E-state index contributed by atoms with van der Waals surface area (Å²) in [7, 11) is 0. The van der Waals surface area contributed by atoms with E-state index in [1.807, 2.05) is 0 Å². The molecule has 104 valence electrons. The molecule has 1 aromatic carbocycles. The molecule has 0 N–H and O–H groups in total. The number of rotatable bonds is 3. The molecule has 2 heterocycles. The Labute approximate surface area is 124 Å². The molecule has 0 aromatic heterocycles. The highest BCUT2D eigenvalue weighted by Gasteiger charge is 2.41. The zero-order valence-electron chi connectivity index (χ0n) is 11.4. The Morgan fingerprint density at radius 1 is 1.21 bits per heavy atom. The van der Waals surface area contributed by atoms with Gasteiger partial charge in [0, 0.05) is 24.5 Å². The van der Waals surface area contributed by atoms with Crippen molar-refractivity contribution in [1.29, 1.82) is 0 Å². The van der Waals surface area contributed by atoms with Crippen LogP contribution in [0.1, 0.15) is 24.8 Å². The molecular formula is C16H22BrNO. The fraction of sp³-hybridized carbons (Fsp3) is 0.625. The van der Waals surface area contributed by atoms with Gasteiger partial charge in [-0.2, -0.15) is 0 Å². The summed E-state index contributed by atoms with van der Waals surface area (Å²) >= 11 is 3.69. The predicted molar refractivity (Wildman–Crippen MR) is 81.8 cm³/mol. The molecule has 2 aliphatic rings. The topological polar surface area (TPSA) is 12.5 Å². The van der Waals surface area contributed by atoms with E-state index >= 15 is 0 Å². The molecule has 0 aliphatic carbocycles. The van der Waals surface area contributed by atoms with Crippen molar-refractivity contribution in [2.24, 2.45) is 0 Å². The Morgan fingerprint density at radius 2 is 1.95 bits per heavy atom. The fourth-order valence-electron chi connectivity index (χ4n) is 3.25. The minimum absolute atomic E-state index is 0.192. The van der Waals surface area contributed by atoms with Crippen LogP contribution in [0.3, 0.4) is 0 Å². The van der Waals surface area contributed by atoms with E-state index in [1.165, 1.54) is 44.5 Å². The third-order valence-corrected chi connectivity index (χ3v) is 5.08. The van der Waals surface area contributed by atoms with E-state index in [2.05, 4.69) is 51.2 Å². The quantitative estimate of drug-likeness (QED) is 0.792. The molecule has 1 aromatic rings. The summed E-state index contributed by atoms with van der Waals surface area (Å²) in [5.74, 6) is 0. The van der Waals surface area contributed by atoms with Crippen LogP contribution < -0.4 is 0 Å². The first-order chi connectivity index (χ1) is 9.26. The van der Waals surface area contributed by atoms with Gasteiger partial charge in [0.2, 0.25) is 0 Å². The summed E-state index contributed by atoms with van der Waals surface area (Å²) in [6.45, 7) is 4.45. The van der Waals surface area contributed by atoms with Gasteiger partial charge >= 0.3 is 0 Å². The van der Waals surface area contributed by atoms with E-state index in [1.54, 1.807) is 0 Å². The minimum Gasteiger partial charge on any atom is -0.374 e. The van der Waals surface area contributed by atoms with E-state index in [0.29, 0.717) is 4.83 Å². The van der Waals surface area contributed by atoms with Crippen molar-refractivity contribution >= 4 is 15.9 Å². The second-order valence-electron chi connectivity index (χ2n) is 5.87. The summed E-state index contributed by atoms with van der Waals surface area (Å²) in [5, 5.41) is 0. The molecule has 0 radical (unpaired) electrons. The lowest BCUT2D eigenvalue weighted by atomic mass is 9.88. The molecule has 0 amide bonds. The second kappa shape index (κ2) is 5.94. The first kappa shape index (κ1) is 13.6. The largest absolute Gasteiger partial charge is 0.374 e. The molecule has 3 rings (SSSR count). The van der Waals surface area contributed by atoms with E-state index in [9.17, 15) is 0 Å². The van der Waals surface area contributed by atoms with Crippen LogP contribution in [0.15, 0.2) is 30.3 Å². The van der Waals surface area contributed by atoms with Crippen molar-refractivity contribution in [3.63, 3.8) is 0 Å². The van der Waals surface area contributed by atoms with Gasteiger partial charge in [0.1, 0.15) is 0 Å². The maximum atomic E-state index is 6.03. The molecule has 1 spiro atoms. The molecule has 2 aliphatic heterocycles. The van der Waals surface area contributed by atoms with Gasteiger partial charge in [0.25, 0.3) is 0 Å². The van der Waals surface area contributed by atoms with Crippen LogP contribution in [0.4, 0.5) is 0 Å². The van der Waals surface area contributed by atoms with Gasteiger partial charge in [0.05, 0.1) is 12.2 Å². The average Bonchev–Trinajstić information content (AvgIpc) is 2.81. The Kier molecular flexibility index (Phi) is 4.25. The van der Waals surface area contributed by atoms with E-state index in [4.69, 9.17) is 4.74 Å². The van der Waals surface area contributed by atoms with E-state index in [0.717, 1.165) is 13.0 Å². The third kappa shape index (κ3) is 3.39. The molecule has 1 atom stereocenters. The van der Waals surface area contributed by atoms with Crippen LogP contribution in [-0.4, -0.2) is 41.6 Å². The molecule has 2 nitrogen and oxygen atoms in total. The Morgan fingerprint density at radius 3 is 2.58 bits per heavy atom. The number of hydrogen-bond donors (Lipinski definition) is 0. The number of benzene rings is 1. The van der Waals surface area contributed by atoms with Crippen molar-refractivity contribution in [3.8, 4) is 0 Å². The average molecular weight is 324 g/mol. The van der Waals surface area contributed by atoms with Gasteiger partial charge in [-0.1, -0.05) is 46.3 Å². The number of likely N-dealkylation sites (tertiary alicyclic amines) is 1. The molecule has 3 heteroatoms. The molecule has 2 saturated heterocycles.